The van der Waals surface area contributed by atoms with Crippen molar-refractivity contribution in [3.8, 4) is 0 Å². The normalized spacial score (nSPS) is 21.2. The minimum absolute atomic E-state index is 0.0421. The standard InChI is InChI=1S/C25H24ClF6N3O2/c1-14(15-11-16(24(27,28)29)13-17(12-15)25(30,31)32)33(2)23(37)35-10-9-34-20(7-8-21(34)36)22(35)18-5-3-4-6-19(18)26/h3-6,11-14,20,22H,7-10H2,1-2H3. The number of piperazine rings is 1. The summed E-state index contributed by atoms with van der Waals surface area (Å²) in [5.41, 5.74) is -2.59. The van der Waals surface area contributed by atoms with Gasteiger partial charge in [0.25, 0.3) is 0 Å². The molecule has 2 aromatic rings. The lowest BCUT2D eigenvalue weighted by Gasteiger charge is -2.46. The van der Waals surface area contributed by atoms with E-state index in [-0.39, 0.29) is 36.7 Å². The van der Waals surface area contributed by atoms with Gasteiger partial charge in [-0.1, -0.05) is 29.8 Å². The van der Waals surface area contributed by atoms with Crippen LogP contribution in [0.3, 0.4) is 0 Å². The largest absolute Gasteiger partial charge is 0.416 e. The van der Waals surface area contributed by atoms with Crippen LogP contribution in [0.2, 0.25) is 5.02 Å². The van der Waals surface area contributed by atoms with Crippen molar-refractivity contribution >= 4 is 23.5 Å². The second-order valence-electron chi connectivity index (χ2n) is 9.26. The van der Waals surface area contributed by atoms with Crippen LogP contribution in [0.5, 0.6) is 0 Å². The molecule has 2 aromatic carbocycles. The van der Waals surface area contributed by atoms with Crippen molar-refractivity contribution < 1.29 is 35.9 Å². The average molecular weight is 548 g/mol. The molecule has 2 aliphatic heterocycles. The van der Waals surface area contributed by atoms with E-state index in [0.717, 1.165) is 4.90 Å². The SMILES string of the molecule is CC(c1cc(C(F)(F)F)cc(C(F)(F)F)c1)N(C)C(=O)N1CCN2C(=O)CCC2C1c1ccccc1Cl. The summed E-state index contributed by atoms with van der Waals surface area (Å²) in [5.74, 6) is -0.0421. The van der Waals surface area contributed by atoms with Crippen molar-refractivity contribution in [1.82, 2.24) is 14.7 Å². The van der Waals surface area contributed by atoms with Gasteiger partial charge in [-0.25, -0.2) is 4.79 Å². The first-order valence-electron chi connectivity index (χ1n) is 11.6. The van der Waals surface area contributed by atoms with Crippen molar-refractivity contribution in [1.29, 1.82) is 0 Å². The summed E-state index contributed by atoms with van der Waals surface area (Å²) in [6.45, 7) is 1.76. The zero-order valence-corrected chi connectivity index (χ0v) is 20.7. The monoisotopic (exact) mass is 547 g/mol. The Hall–Kier alpha value is -2.95. The van der Waals surface area contributed by atoms with E-state index in [1.54, 1.807) is 29.2 Å². The molecule has 3 amide bonds. The molecule has 3 atom stereocenters. The maximum absolute atomic E-state index is 13.7. The van der Waals surface area contributed by atoms with E-state index in [2.05, 4.69) is 0 Å². The fraction of sp³-hybridized carbons (Fsp3) is 0.440. The van der Waals surface area contributed by atoms with Crippen LogP contribution in [-0.2, 0) is 17.1 Å². The van der Waals surface area contributed by atoms with Gasteiger partial charge >= 0.3 is 18.4 Å². The smallest absolute Gasteiger partial charge is 0.335 e. The molecule has 0 spiro atoms. The van der Waals surface area contributed by atoms with Crippen LogP contribution in [0.25, 0.3) is 0 Å². The molecular formula is C25H24ClF6N3O2. The molecular weight excluding hydrogens is 524 g/mol. The fourth-order valence-electron chi connectivity index (χ4n) is 5.05. The number of urea groups is 1. The number of halogens is 7. The van der Waals surface area contributed by atoms with Gasteiger partial charge in [-0.15, -0.1) is 0 Å². The molecule has 4 rings (SSSR count). The number of nitrogens with zero attached hydrogens (tertiary/aromatic N) is 3. The van der Waals surface area contributed by atoms with Crippen molar-refractivity contribution in [2.75, 3.05) is 20.1 Å². The Labute approximate surface area is 214 Å². The van der Waals surface area contributed by atoms with E-state index in [9.17, 15) is 35.9 Å². The topological polar surface area (TPSA) is 43.9 Å². The molecule has 5 nitrogen and oxygen atoms in total. The maximum Gasteiger partial charge on any atom is 0.416 e. The van der Waals surface area contributed by atoms with Gasteiger partial charge in [0.1, 0.15) is 0 Å². The first kappa shape index (κ1) is 27.1. The molecule has 2 saturated heterocycles. The highest BCUT2D eigenvalue weighted by atomic mass is 35.5. The summed E-state index contributed by atoms with van der Waals surface area (Å²) < 4.78 is 80.3. The Morgan fingerprint density at radius 2 is 1.62 bits per heavy atom. The van der Waals surface area contributed by atoms with Crippen LogP contribution >= 0.6 is 11.6 Å². The van der Waals surface area contributed by atoms with E-state index >= 15 is 0 Å². The van der Waals surface area contributed by atoms with Gasteiger partial charge in [-0.2, -0.15) is 26.3 Å². The van der Waals surface area contributed by atoms with Crippen LogP contribution in [-0.4, -0.2) is 52.8 Å². The molecule has 0 bridgehead atoms. The molecule has 12 heteroatoms. The minimum Gasteiger partial charge on any atom is -0.335 e. The molecule has 0 N–H and O–H groups in total. The number of hydrogen-bond acceptors (Lipinski definition) is 2. The summed E-state index contributed by atoms with van der Waals surface area (Å²) in [7, 11) is 1.33. The highest BCUT2D eigenvalue weighted by Gasteiger charge is 2.46. The fourth-order valence-corrected chi connectivity index (χ4v) is 5.30. The molecule has 2 aliphatic rings. The van der Waals surface area contributed by atoms with Crippen molar-refractivity contribution in [3.05, 3.63) is 69.7 Å². The number of carbonyl (C=O) groups is 2. The second kappa shape index (κ2) is 9.74. The van der Waals surface area contributed by atoms with Crippen LogP contribution in [0.15, 0.2) is 42.5 Å². The molecule has 0 aliphatic carbocycles. The summed E-state index contributed by atoms with van der Waals surface area (Å²) in [6, 6.07) is 5.49. The quantitative estimate of drug-likeness (QED) is 0.410. The molecule has 37 heavy (non-hydrogen) atoms. The Morgan fingerprint density at radius 3 is 2.19 bits per heavy atom. The molecule has 3 unspecified atom stereocenters. The molecule has 2 heterocycles. The zero-order chi connectivity index (χ0) is 27.3. The number of carbonyl (C=O) groups excluding carboxylic acids is 2. The molecule has 0 aromatic heterocycles. The van der Waals surface area contributed by atoms with Crippen LogP contribution in [0.4, 0.5) is 31.1 Å². The number of alkyl halides is 6. The highest BCUT2D eigenvalue weighted by Crippen LogP contribution is 2.42. The summed E-state index contributed by atoms with van der Waals surface area (Å²) in [5, 5.41) is 0.384. The zero-order valence-electron chi connectivity index (χ0n) is 19.9. The third-order valence-electron chi connectivity index (χ3n) is 7.10. The van der Waals surface area contributed by atoms with E-state index in [4.69, 9.17) is 11.6 Å². The Bertz CT molecular complexity index is 1170. The van der Waals surface area contributed by atoms with Crippen molar-refractivity contribution in [2.45, 2.75) is 50.2 Å². The number of amides is 3. The van der Waals surface area contributed by atoms with Crippen LogP contribution < -0.4 is 0 Å². The van der Waals surface area contributed by atoms with E-state index in [0.29, 0.717) is 35.6 Å². The number of rotatable bonds is 3. The van der Waals surface area contributed by atoms with E-state index in [1.807, 2.05) is 0 Å². The Kier molecular flexibility index (Phi) is 7.13. The Morgan fingerprint density at radius 1 is 1.03 bits per heavy atom. The average Bonchev–Trinajstić information content (AvgIpc) is 3.22. The third-order valence-corrected chi connectivity index (χ3v) is 7.45. The van der Waals surface area contributed by atoms with E-state index in [1.165, 1.54) is 18.9 Å². The first-order valence-corrected chi connectivity index (χ1v) is 11.9. The third kappa shape index (κ3) is 5.23. The summed E-state index contributed by atoms with van der Waals surface area (Å²) in [4.78, 5) is 30.4. The molecule has 0 radical (unpaired) electrons. The van der Waals surface area contributed by atoms with E-state index < -0.39 is 41.6 Å². The Balaban J connectivity index is 1.69. The van der Waals surface area contributed by atoms with Crippen LogP contribution in [0.1, 0.15) is 54.1 Å². The van der Waals surface area contributed by atoms with Gasteiger partial charge in [0, 0.05) is 31.6 Å². The van der Waals surface area contributed by atoms with Crippen molar-refractivity contribution in [3.63, 3.8) is 0 Å². The summed E-state index contributed by atoms with van der Waals surface area (Å²) >= 11 is 6.44. The molecule has 0 saturated carbocycles. The molecule has 200 valence electrons. The highest BCUT2D eigenvalue weighted by molar-refractivity contribution is 6.31. The summed E-state index contributed by atoms with van der Waals surface area (Å²) in [6.07, 6.45) is -9.21. The number of hydrogen-bond donors (Lipinski definition) is 0. The number of fused-ring (bicyclic) bond motifs is 1. The van der Waals surface area contributed by atoms with Crippen molar-refractivity contribution in [2.24, 2.45) is 0 Å². The van der Waals surface area contributed by atoms with Gasteiger partial charge in [-0.05, 0) is 48.7 Å². The predicted molar refractivity (Wildman–Crippen MR) is 124 cm³/mol. The minimum atomic E-state index is -5.00. The van der Waals surface area contributed by atoms with Crippen LogP contribution in [0, 0.1) is 0 Å². The lowest BCUT2D eigenvalue weighted by molar-refractivity contribution is -0.143. The molecule has 2 fully saturated rings. The van der Waals surface area contributed by atoms with Gasteiger partial charge in [0.2, 0.25) is 5.91 Å². The second-order valence-corrected chi connectivity index (χ2v) is 9.67. The lowest BCUT2D eigenvalue weighted by atomic mass is 9.93. The lowest BCUT2D eigenvalue weighted by Crippen LogP contribution is -2.57. The van der Waals surface area contributed by atoms with Gasteiger partial charge in [-0.3, -0.25) is 4.79 Å². The maximum atomic E-state index is 13.7. The predicted octanol–water partition coefficient (Wildman–Crippen LogP) is 6.54. The van der Waals surface area contributed by atoms with Gasteiger partial charge < -0.3 is 14.7 Å². The number of benzene rings is 2. The first-order chi connectivity index (χ1) is 17.2. The van der Waals surface area contributed by atoms with Gasteiger partial charge in [0.05, 0.1) is 29.3 Å². The van der Waals surface area contributed by atoms with Gasteiger partial charge in [0.15, 0.2) is 0 Å².